The third kappa shape index (κ3) is 3.88. The molecule has 0 spiro atoms. The Hall–Kier alpha value is -1.08. The summed E-state index contributed by atoms with van der Waals surface area (Å²) >= 11 is 0. The van der Waals surface area contributed by atoms with E-state index in [0.717, 1.165) is 13.0 Å². The fourth-order valence-electron chi connectivity index (χ4n) is 1.40. The Morgan fingerprint density at radius 3 is 2.60 bits per heavy atom. The highest BCUT2D eigenvalue weighted by molar-refractivity contribution is 6.84. The topological polar surface area (TPSA) is 9.23 Å². The van der Waals surface area contributed by atoms with Crippen molar-refractivity contribution < 1.29 is 4.43 Å². The molecule has 1 aromatic carbocycles. The minimum atomic E-state index is -1.70. The van der Waals surface area contributed by atoms with Gasteiger partial charge in [-0.05, 0) is 30.8 Å². The van der Waals surface area contributed by atoms with Gasteiger partial charge in [0.2, 0.25) is 8.32 Å². The molecule has 1 rings (SSSR count). The summed E-state index contributed by atoms with van der Waals surface area (Å²) in [5, 5.41) is 1.34. The van der Waals surface area contributed by atoms with E-state index in [1.54, 1.807) is 0 Å². The normalized spacial score (nSPS) is 10.8. The number of hydrogen-bond acceptors (Lipinski definition) is 1. The van der Waals surface area contributed by atoms with Gasteiger partial charge in [-0.1, -0.05) is 36.9 Å². The maximum Gasteiger partial charge on any atom is 0.218 e. The molecule has 1 aromatic rings. The molecule has 15 heavy (non-hydrogen) atoms. The van der Waals surface area contributed by atoms with Crippen molar-refractivity contribution in [3.05, 3.63) is 48.7 Å². The Bertz CT molecular complexity index is 337. The third-order valence-electron chi connectivity index (χ3n) is 2.34. The van der Waals surface area contributed by atoms with Gasteiger partial charge in [-0.2, -0.15) is 0 Å². The molecule has 0 N–H and O–H groups in total. The van der Waals surface area contributed by atoms with Crippen molar-refractivity contribution in [3.8, 4) is 0 Å². The van der Waals surface area contributed by atoms with Gasteiger partial charge in [0.05, 0.1) is 0 Å². The number of benzene rings is 1. The van der Waals surface area contributed by atoms with Gasteiger partial charge >= 0.3 is 0 Å². The van der Waals surface area contributed by atoms with Crippen LogP contribution in [0.4, 0.5) is 0 Å². The van der Waals surface area contributed by atoms with E-state index in [-0.39, 0.29) is 0 Å². The molecule has 1 nitrogen and oxygen atoms in total. The van der Waals surface area contributed by atoms with Crippen LogP contribution in [0.25, 0.3) is 0 Å². The molecule has 0 saturated heterocycles. The monoisotopic (exact) mass is 218 g/mol. The first-order chi connectivity index (χ1) is 7.17. The summed E-state index contributed by atoms with van der Waals surface area (Å²) in [5.74, 6) is 0. The quantitative estimate of drug-likeness (QED) is 0.419. The average Bonchev–Trinajstić information content (AvgIpc) is 2.26. The molecule has 0 aliphatic carbocycles. The van der Waals surface area contributed by atoms with Crippen LogP contribution < -0.4 is 5.19 Å². The molecule has 0 aromatic heterocycles. The van der Waals surface area contributed by atoms with Gasteiger partial charge in [0.25, 0.3) is 0 Å². The third-order valence-corrected chi connectivity index (χ3v) is 4.99. The van der Waals surface area contributed by atoms with Crippen molar-refractivity contribution in [1.29, 1.82) is 0 Å². The summed E-state index contributed by atoms with van der Waals surface area (Å²) in [5.41, 5.74) is 2.75. The Labute approximate surface area is 93.2 Å². The first-order valence-corrected chi connectivity index (χ1v) is 8.11. The van der Waals surface area contributed by atoms with E-state index in [9.17, 15) is 0 Å². The van der Waals surface area contributed by atoms with Crippen LogP contribution in [0.1, 0.15) is 6.42 Å². The SMILES string of the molecule is C=C=CCCO[Si](C)(C)c1ccccc1. The average molecular weight is 218 g/mol. The maximum absolute atomic E-state index is 5.96. The molecule has 0 amide bonds. The summed E-state index contributed by atoms with van der Waals surface area (Å²) in [6.07, 6.45) is 2.81. The standard InChI is InChI=1S/C13H18OSi/c1-4-5-9-12-14-15(2,3)13-10-7-6-8-11-13/h5-8,10-11H,1,9,12H2,2-3H3. The van der Waals surface area contributed by atoms with Gasteiger partial charge in [0.15, 0.2) is 0 Å². The first kappa shape index (κ1) is 12.0. The molecule has 0 bridgehead atoms. The van der Waals surface area contributed by atoms with Crippen LogP contribution in [0, 0.1) is 0 Å². The molecule has 0 heterocycles. The molecule has 0 fully saturated rings. The van der Waals surface area contributed by atoms with Gasteiger partial charge in [-0.25, -0.2) is 0 Å². The summed E-state index contributed by atoms with van der Waals surface area (Å²) in [6, 6.07) is 10.5. The molecule has 80 valence electrons. The van der Waals surface area contributed by atoms with Gasteiger partial charge in [-0.3, -0.25) is 0 Å². The summed E-state index contributed by atoms with van der Waals surface area (Å²) in [4.78, 5) is 0. The lowest BCUT2D eigenvalue weighted by Gasteiger charge is -2.22. The Balaban J connectivity index is 2.55. The molecule has 0 atom stereocenters. The lowest BCUT2D eigenvalue weighted by atomic mass is 10.4. The second-order valence-corrected chi connectivity index (χ2v) is 7.81. The smallest absolute Gasteiger partial charge is 0.218 e. The lowest BCUT2D eigenvalue weighted by molar-refractivity contribution is 0.323. The zero-order valence-electron chi connectivity index (χ0n) is 9.49. The van der Waals surface area contributed by atoms with Crippen LogP contribution in [0.5, 0.6) is 0 Å². The molecule has 2 heteroatoms. The summed E-state index contributed by atoms with van der Waals surface area (Å²) in [6.45, 7) is 8.73. The van der Waals surface area contributed by atoms with Crippen LogP contribution in [0.15, 0.2) is 48.7 Å². The van der Waals surface area contributed by atoms with Gasteiger partial charge in [0, 0.05) is 6.61 Å². The molecule has 0 aliphatic heterocycles. The van der Waals surface area contributed by atoms with Crippen molar-refractivity contribution in [2.45, 2.75) is 19.5 Å². The van der Waals surface area contributed by atoms with E-state index < -0.39 is 8.32 Å². The first-order valence-electron chi connectivity index (χ1n) is 5.20. The Kier molecular flexibility index (Phi) is 4.57. The zero-order valence-corrected chi connectivity index (χ0v) is 10.5. The highest BCUT2D eigenvalue weighted by Crippen LogP contribution is 2.05. The Morgan fingerprint density at radius 2 is 2.00 bits per heavy atom. The maximum atomic E-state index is 5.96. The molecular formula is C13H18OSi. The van der Waals surface area contributed by atoms with Gasteiger partial charge < -0.3 is 4.43 Å². The molecule has 0 unspecified atom stereocenters. The van der Waals surface area contributed by atoms with Crippen LogP contribution >= 0.6 is 0 Å². The van der Waals surface area contributed by atoms with E-state index in [0.29, 0.717) is 0 Å². The summed E-state index contributed by atoms with van der Waals surface area (Å²) < 4.78 is 5.96. The fraction of sp³-hybridized carbons (Fsp3) is 0.308. The van der Waals surface area contributed by atoms with Crippen molar-refractivity contribution in [2.24, 2.45) is 0 Å². The van der Waals surface area contributed by atoms with E-state index in [1.165, 1.54) is 5.19 Å². The fourth-order valence-corrected chi connectivity index (χ4v) is 3.19. The predicted molar refractivity (Wildman–Crippen MR) is 67.8 cm³/mol. The van der Waals surface area contributed by atoms with Crippen molar-refractivity contribution in [3.63, 3.8) is 0 Å². The van der Waals surface area contributed by atoms with Crippen molar-refractivity contribution in [2.75, 3.05) is 6.61 Å². The lowest BCUT2D eigenvalue weighted by Crippen LogP contribution is -2.44. The summed E-state index contributed by atoms with van der Waals surface area (Å²) in [7, 11) is -1.70. The predicted octanol–water partition coefficient (Wildman–Crippen LogP) is 2.85. The highest BCUT2D eigenvalue weighted by atomic mass is 28.4. The minimum absolute atomic E-state index is 0.761. The van der Waals surface area contributed by atoms with E-state index in [4.69, 9.17) is 4.43 Å². The second kappa shape index (κ2) is 5.71. The number of hydrogen-bond donors (Lipinski definition) is 0. The van der Waals surface area contributed by atoms with E-state index >= 15 is 0 Å². The molecule has 0 saturated carbocycles. The van der Waals surface area contributed by atoms with E-state index in [2.05, 4.69) is 49.7 Å². The van der Waals surface area contributed by atoms with Crippen molar-refractivity contribution >= 4 is 13.5 Å². The zero-order chi connectivity index (χ0) is 11.1. The minimum Gasteiger partial charge on any atom is -0.413 e. The van der Waals surface area contributed by atoms with Crippen LogP contribution in [-0.4, -0.2) is 14.9 Å². The highest BCUT2D eigenvalue weighted by Gasteiger charge is 2.24. The van der Waals surface area contributed by atoms with Crippen molar-refractivity contribution in [1.82, 2.24) is 0 Å². The van der Waals surface area contributed by atoms with Crippen LogP contribution in [-0.2, 0) is 4.43 Å². The Morgan fingerprint density at radius 1 is 1.33 bits per heavy atom. The second-order valence-electron chi connectivity index (χ2n) is 3.92. The van der Waals surface area contributed by atoms with Crippen LogP contribution in [0.3, 0.4) is 0 Å². The van der Waals surface area contributed by atoms with Gasteiger partial charge in [0.1, 0.15) is 0 Å². The van der Waals surface area contributed by atoms with Gasteiger partial charge in [-0.15, -0.1) is 5.73 Å². The van der Waals surface area contributed by atoms with E-state index in [1.807, 2.05) is 12.1 Å². The van der Waals surface area contributed by atoms with Crippen LogP contribution in [0.2, 0.25) is 13.1 Å². The largest absolute Gasteiger partial charge is 0.413 e. The number of rotatable bonds is 5. The molecule has 0 radical (unpaired) electrons. The molecular weight excluding hydrogens is 200 g/mol. The molecule has 0 aliphatic rings.